The highest BCUT2D eigenvalue weighted by Crippen LogP contribution is 2.39. The highest BCUT2D eigenvalue weighted by Gasteiger charge is 2.27. The largest absolute Gasteiger partial charge is 0.290 e. The normalized spacial score (nSPS) is 11.0. The lowest BCUT2D eigenvalue weighted by Crippen LogP contribution is -2.10. The van der Waals surface area contributed by atoms with E-state index in [1.807, 2.05) is 62.4 Å². The number of nitro groups is 4. The van der Waals surface area contributed by atoms with Crippen LogP contribution in [-0.4, -0.2) is 49.2 Å². The van der Waals surface area contributed by atoms with Crippen LogP contribution < -0.4 is 0 Å². The van der Waals surface area contributed by atoms with Crippen LogP contribution in [0.25, 0.3) is 11.4 Å². The van der Waals surface area contributed by atoms with Crippen LogP contribution in [0.1, 0.15) is 22.8 Å². The third-order valence-electron chi connectivity index (χ3n) is 7.79. The lowest BCUT2D eigenvalue weighted by Gasteiger charge is -2.14. The van der Waals surface area contributed by atoms with Crippen molar-refractivity contribution in [3.63, 3.8) is 0 Å². The molecule has 0 spiro atoms. The first-order valence-electron chi connectivity index (χ1n) is 15.1. The van der Waals surface area contributed by atoms with E-state index in [2.05, 4.69) is 20.4 Å². The maximum absolute atomic E-state index is 11.9. The van der Waals surface area contributed by atoms with Gasteiger partial charge in [0.2, 0.25) is 10.3 Å². The fraction of sp³-hybridized carbons (Fsp3) is 0.125. The van der Waals surface area contributed by atoms with Crippen LogP contribution in [0.5, 0.6) is 0 Å². The molecule has 52 heavy (non-hydrogen) atoms. The van der Waals surface area contributed by atoms with Crippen molar-refractivity contribution >= 4 is 46.3 Å². The van der Waals surface area contributed by atoms with Gasteiger partial charge >= 0.3 is 0 Å². The minimum absolute atomic E-state index is 0.130. The van der Waals surface area contributed by atoms with Crippen molar-refractivity contribution in [2.45, 2.75) is 46.8 Å². The number of aryl methyl sites for hydroxylation is 4. The summed E-state index contributed by atoms with van der Waals surface area (Å²) in [5, 5.41) is 64.6. The Morgan fingerprint density at radius 2 is 0.923 bits per heavy atom. The van der Waals surface area contributed by atoms with E-state index in [4.69, 9.17) is 0 Å². The summed E-state index contributed by atoms with van der Waals surface area (Å²) in [6.07, 6.45) is 0.493. The summed E-state index contributed by atoms with van der Waals surface area (Å²) in [6, 6.07) is 21.6. The molecule has 0 saturated carbocycles. The zero-order chi connectivity index (χ0) is 37.1. The molecule has 0 amide bonds. The van der Waals surface area contributed by atoms with Crippen molar-refractivity contribution in [1.82, 2.24) is 29.5 Å². The summed E-state index contributed by atoms with van der Waals surface area (Å²) < 4.78 is 3.52. The molecule has 0 fully saturated rings. The molecule has 0 N–H and O–H groups in total. The fourth-order valence-electron chi connectivity index (χ4n) is 5.29. The van der Waals surface area contributed by atoms with E-state index >= 15 is 0 Å². The van der Waals surface area contributed by atoms with E-state index in [9.17, 15) is 40.5 Å². The number of hydrogen-bond acceptors (Lipinski definition) is 14. The van der Waals surface area contributed by atoms with E-state index in [1.54, 1.807) is 9.13 Å². The van der Waals surface area contributed by atoms with E-state index in [0.717, 1.165) is 46.8 Å². The third-order valence-corrected chi connectivity index (χ3v) is 9.81. The summed E-state index contributed by atoms with van der Waals surface area (Å²) in [7, 11) is 0. The Hall–Kier alpha value is -6.54. The van der Waals surface area contributed by atoms with Crippen LogP contribution in [0.15, 0.2) is 105 Å². The van der Waals surface area contributed by atoms with Gasteiger partial charge in [-0.3, -0.25) is 49.6 Å². The Morgan fingerprint density at radius 1 is 0.538 bits per heavy atom. The molecule has 18 nitrogen and oxygen atoms in total. The number of benzene rings is 4. The molecule has 0 bridgehead atoms. The molecule has 20 heteroatoms. The van der Waals surface area contributed by atoms with Gasteiger partial charge in [-0.1, -0.05) is 36.4 Å². The first-order valence-corrected chi connectivity index (χ1v) is 16.8. The molecular formula is C32H24N10O8S2. The Bertz CT molecular complexity index is 2230. The summed E-state index contributed by atoms with van der Waals surface area (Å²) >= 11 is 1.88. The fourth-order valence-corrected chi connectivity index (χ4v) is 7.18. The number of hydrogen-bond donors (Lipinski definition) is 0. The van der Waals surface area contributed by atoms with Gasteiger partial charge in [0, 0.05) is 25.0 Å². The van der Waals surface area contributed by atoms with Gasteiger partial charge in [-0.05, 0) is 72.8 Å². The van der Waals surface area contributed by atoms with Gasteiger partial charge in [-0.2, -0.15) is 0 Å². The van der Waals surface area contributed by atoms with Gasteiger partial charge in [0.1, 0.15) is 11.6 Å². The van der Waals surface area contributed by atoms with E-state index in [1.165, 1.54) is 24.3 Å². The van der Waals surface area contributed by atoms with Crippen LogP contribution in [0, 0.1) is 54.3 Å². The quantitative estimate of drug-likeness (QED) is 0.0842. The van der Waals surface area contributed by atoms with E-state index < -0.39 is 42.4 Å². The number of non-ortho nitro benzene ring substituents is 2. The second kappa shape index (κ2) is 14.7. The Kier molecular flexibility index (Phi) is 10.0. The molecule has 0 saturated heterocycles. The summed E-state index contributed by atoms with van der Waals surface area (Å²) in [4.78, 5) is 43.9. The monoisotopic (exact) mass is 740 g/mol. The maximum atomic E-state index is 11.9. The van der Waals surface area contributed by atoms with Gasteiger partial charge in [0.15, 0.2) is 0 Å². The summed E-state index contributed by atoms with van der Waals surface area (Å²) in [6.45, 7) is 3.77. The van der Waals surface area contributed by atoms with Gasteiger partial charge in [0.05, 0.1) is 53.0 Å². The first-order chi connectivity index (χ1) is 24.9. The van der Waals surface area contributed by atoms with Crippen molar-refractivity contribution in [1.29, 1.82) is 0 Å². The Labute approximate surface area is 301 Å². The molecule has 0 aliphatic carbocycles. The topological polar surface area (TPSA) is 234 Å². The average molecular weight is 741 g/mol. The minimum Gasteiger partial charge on any atom is -0.273 e. The number of para-hydroxylation sites is 2. The Balaban J connectivity index is 1.40. The van der Waals surface area contributed by atoms with Crippen molar-refractivity contribution in [3.8, 4) is 11.4 Å². The molecule has 6 rings (SSSR count). The molecule has 2 heterocycles. The molecule has 262 valence electrons. The van der Waals surface area contributed by atoms with Crippen LogP contribution in [0.3, 0.4) is 0 Å². The molecule has 4 aromatic carbocycles. The lowest BCUT2D eigenvalue weighted by molar-refractivity contribution is -0.396. The summed E-state index contributed by atoms with van der Waals surface area (Å²) in [5.41, 5.74) is 1.37. The second-order valence-electron chi connectivity index (χ2n) is 11.1. The molecule has 0 aliphatic heterocycles. The number of nitro benzene ring substituents is 4. The molecule has 6 aromatic rings. The van der Waals surface area contributed by atoms with Crippen molar-refractivity contribution < 1.29 is 19.7 Å². The zero-order valence-corrected chi connectivity index (χ0v) is 28.7. The predicted molar refractivity (Wildman–Crippen MR) is 187 cm³/mol. The third kappa shape index (κ3) is 7.18. The van der Waals surface area contributed by atoms with Crippen molar-refractivity contribution in [2.24, 2.45) is 0 Å². The molecule has 0 radical (unpaired) electrons. The van der Waals surface area contributed by atoms with E-state index in [-0.39, 0.29) is 32.9 Å². The second-order valence-corrected chi connectivity index (χ2v) is 13.1. The first kappa shape index (κ1) is 35.3. The van der Waals surface area contributed by atoms with Gasteiger partial charge in [-0.25, -0.2) is 0 Å². The highest BCUT2D eigenvalue weighted by molar-refractivity contribution is 7.99. The number of rotatable bonds is 13. The van der Waals surface area contributed by atoms with Gasteiger partial charge < -0.3 is 0 Å². The lowest BCUT2D eigenvalue weighted by atomic mass is 10.2. The van der Waals surface area contributed by atoms with Gasteiger partial charge in [0.25, 0.3) is 22.7 Å². The van der Waals surface area contributed by atoms with Crippen molar-refractivity contribution in [3.05, 3.63) is 148 Å². The molecule has 0 unspecified atom stereocenters. The molecule has 2 aromatic heterocycles. The maximum Gasteiger partial charge on any atom is 0.290 e. The van der Waals surface area contributed by atoms with E-state index in [0.29, 0.717) is 23.0 Å². The van der Waals surface area contributed by atoms with Crippen molar-refractivity contribution in [2.75, 3.05) is 0 Å². The number of nitrogens with zero attached hydrogens (tertiary/aromatic N) is 10. The molecule has 0 aliphatic rings. The van der Waals surface area contributed by atoms with Crippen LogP contribution in [0.4, 0.5) is 22.7 Å². The van der Waals surface area contributed by atoms with Crippen LogP contribution in [0.2, 0.25) is 0 Å². The van der Waals surface area contributed by atoms with Gasteiger partial charge in [-0.15, -0.1) is 20.4 Å². The standard InChI is InChI=1S/C32H24N10O8S2/c1-19-7-3-5-9-23(19)37-29(33-35-31(37)51-27-13-11-21(39(43)44)17-25(27)41(47)48)15-16-30-34-36-32(38(30)24-10-6-4-8-20(24)2)52-28-14-12-22(40(45)46)18-26(28)42(49)50/h3-14,17-18H,15-16H2,1-2H3. The zero-order valence-electron chi connectivity index (χ0n) is 27.1. The Morgan fingerprint density at radius 3 is 1.27 bits per heavy atom. The minimum atomic E-state index is -0.706. The molecule has 0 atom stereocenters. The van der Waals surface area contributed by atoms with Crippen LogP contribution in [-0.2, 0) is 12.8 Å². The molecular weight excluding hydrogens is 717 g/mol. The number of aromatic nitrogens is 6. The average Bonchev–Trinajstić information content (AvgIpc) is 3.70. The predicted octanol–water partition coefficient (Wildman–Crippen LogP) is 7.19. The smallest absolute Gasteiger partial charge is 0.273 e. The van der Waals surface area contributed by atoms with Crippen LogP contribution >= 0.6 is 23.5 Å². The highest BCUT2D eigenvalue weighted by atomic mass is 32.2. The summed E-state index contributed by atoms with van der Waals surface area (Å²) in [5.74, 6) is 0.946. The SMILES string of the molecule is Cc1ccccc1-n1c(CCc2nnc(Sc3ccc([N+](=O)[O-])cc3[N+](=O)[O-])n2-c2ccccc2C)nnc1Sc1ccc([N+](=O)[O-])cc1[N+](=O)[O-].